The minimum Gasteiger partial charge on any atom is -0.330 e. The van der Waals surface area contributed by atoms with Gasteiger partial charge in [-0.3, -0.25) is 4.79 Å². The monoisotopic (exact) mass is 266 g/mol. The van der Waals surface area contributed by atoms with Crippen LogP contribution >= 0.6 is 0 Å². The number of aryl methyl sites for hydroxylation is 2. The topological polar surface area (TPSA) is 23.6 Å². The Hall–Kier alpha value is -2.29. The Morgan fingerprint density at radius 3 is 2.20 bits per heavy atom. The molecule has 2 aromatic rings. The second-order valence-electron chi connectivity index (χ2n) is 5.37. The van der Waals surface area contributed by atoms with Crippen molar-refractivity contribution in [2.75, 3.05) is 23.4 Å². The van der Waals surface area contributed by atoms with Crippen LogP contribution in [0, 0.1) is 13.8 Å². The van der Waals surface area contributed by atoms with Gasteiger partial charge in [-0.25, -0.2) is 0 Å². The second kappa shape index (κ2) is 4.67. The molecule has 0 saturated carbocycles. The van der Waals surface area contributed by atoms with E-state index in [-0.39, 0.29) is 5.91 Å². The number of amides is 1. The lowest BCUT2D eigenvalue weighted by Gasteiger charge is -2.35. The summed E-state index contributed by atoms with van der Waals surface area (Å²) in [6.07, 6.45) is 0. The van der Waals surface area contributed by atoms with Crippen molar-refractivity contribution >= 4 is 23.0 Å². The molecule has 1 amide bonds. The fourth-order valence-electron chi connectivity index (χ4n) is 2.77. The molecule has 102 valence electrons. The molecule has 1 aliphatic rings. The van der Waals surface area contributed by atoms with Gasteiger partial charge in [0.25, 0.3) is 0 Å². The Morgan fingerprint density at radius 1 is 0.950 bits per heavy atom. The molecule has 1 heterocycles. The number of hydrogen-bond donors (Lipinski definition) is 0. The van der Waals surface area contributed by atoms with E-state index in [2.05, 4.69) is 43.0 Å². The van der Waals surface area contributed by atoms with Crippen molar-refractivity contribution in [1.82, 2.24) is 0 Å². The SMILES string of the molecule is Cc1cc(C)cc(N2CC(=O)N(C)c3ccccc32)c1. The molecule has 0 aromatic heterocycles. The van der Waals surface area contributed by atoms with Gasteiger partial charge < -0.3 is 9.80 Å². The van der Waals surface area contributed by atoms with Crippen molar-refractivity contribution < 1.29 is 4.79 Å². The van der Waals surface area contributed by atoms with E-state index in [0.29, 0.717) is 6.54 Å². The number of hydrogen-bond acceptors (Lipinski definition) is 2. The first kappa shape index (κ1) is 12.7. The molecule has 20 heavy (non-hydrogen) atoms. The maximum absolute atomic E-state index is 12.2. The van der Waals surface area contributed by atoms with Gasteiger partial charge in [0, 0.05) is 12.7 Å². The Kier molecular flexibility index (Phi) is 2.97. The van der Waals surface area contributed by atoms with Gasteiger partial charge in [-0.05, 0) is 49.2 Å². The number of nitrogens with zero attached hydrogens (tertiary/aromatic N) is 2. The van der Waals surface area contributed by atoms with E-state index in [4.69, 9.17) is 0 Å². The number of carbonyl (C=O) groups excluding carboxylic acids is 1. The standard InChI is InChI=1S/C17H18N2O/c1-12-8-13(2)10-14(9-12)19-11-17(20)18(3)15-6-4-5-7-16(15)19/h4-10H,11H2,1-3H3. The van der Waals surface area contributed by atoms with Crippen molar-refractivity contribution in [2.45, 2.75) is 13.8 Å². The molecule has 0 aliphatic carbocycles. The van der Waals surface area contributed by atoms with Gasteiger partial charge in [-0.15, -0.1) is 0 Å². The highest BCUT2D eigenvalue weighted by molar-refractivity contribution is 6.04. The van der Waals surface area contributed by atoms with Gasteiger partial charge in [0.05, 0.1) is 11.4 Å². The predicted molar refractivity (Wildman–Crippen MR) is 82.8 cm³/mol. The number of fused-ring (bicyclic) bond motifs is 1. The minimum absolute atomic E-state index is 0.114. The zero-order valence-electron chi connectivity index (χ0n) is 12.1. The van der Waals surface area contributed by atoms with E-state index in [1.165, 1.54) is 11.1 Å². The van der Waals surface area contributed by atoms with Gasteiger partial charge in [-0.1, -0.05) is 18.2 Å². The van der Waals surface area contributed by atoms with E-state index in [1.807, 2.05) is 25.2 Å². The summed E-state index contributed by atoms with van der Waals surface area (Å²) >= 11 is 0. The van der Waals surface area contributed by atoms with E-state index < -0.39 is 0 Å². The zero-order valence-corrected chi connectivity index (χ0v) is 12.1. The van der Waals surface area contributed by atoms with Gasteiger partial charge >= 0.3 is 0 Å². The predicted octanol–water partition coefficient (Wildman–Crippen LogP) is 3.42. The molecular formula is C17H18N2O. The summed E-state index contributed by atoms with van der Waals surface area (Å²) in [5, 5.41) is 0. The summed E-state index contributed by atoms with van der Waals surface area (Å²) in [7, 11) is 1.83. The summed E-state index contributed by atoms with van der Waals surface area (Å²) in [4.78, 5) is 16.0. The maximum atomic E-state index is 12.2. The highest BCUT2D eigenvalue weighted by Crippen LogP contribution is 2.37. The van der Waals surface area contributed by atoms with Crippen molar-refractivity contribution in [1.29, 1.82) is 0 Å². The third-order valence-corrected chi connectivity index (χ3v) is 3.72. The zero-order chi connectivity index (χ0) is 14.3. The molecule has 0 unspecified atom stereocenters. The summed E-state index contributed by atoms with van der Waals surface area (Å²) in [6, 6.07) is 14.4. The molecule has 2 aromatic carbocycles. The van der Waals surface area contributed by atoms with Crippen molar-refractivity contribution in [3.05, 3.63) is 53.6 Å². The van der Waals surface area contributed by atoms with Crippen molar-refractivity contribution in [3.8, 4) is 0 Å². The number of likely N-dealkylation sites (N-methyl/N-ethyl adjacent to an activating group) is 1. The van der Waals surface area contributed by atoms with Crippen molar-refractivity contribution in [2.24, 2.45) is 0 Å². The molecule has 3 rings (SSSR count). The average Bonchev–Trinajstić information content (AvgIpc) is 2.42. The third-order valence-electron chi connectivity index (χ3n) is 3.72. The molecule has 1 aliphatic heterocycles. The Balaban J connectivity index is 2.14. The van der Waals surface area contributed by atoms with Crippen LogP contribution in [0.5, 0.6) is 0 Å². The minimum atomic E-state index is 0.114. The summed E-state index contributed by atoms with van der Waals surface area (Å²) in [6.45, 7) is 4.55. The summed E-state index contributed by atoms with van der Waals surface area (Å²) < 4.78 is 0. The highest BCUT2D eigenvalue weighted by atomic mass is 16.2. The number of carbonyl (C=O) groups is 1. The van der Waals surface area contributed by atoms with Crippen LogP contribution in [0.25, 0.3) is 0 Å². The highest BCUT2D eigenvalue weighted by Gasteiger charge is 2.27. The van der Waals surface area contributed by atoms with Crippen LogP contribution in [0.3, 0.4) is 0 Å². The first-order chi connectivity index (χ1) is 9.56. The van der Waals surface area contributed by atoms with Gasteiger partial charge in [0.15, 0.2) is 0 Å². The van der Waals surface area contributed by atoms with E-state index >= 15 is 0 Å². The van der Waals surface area contributed by atoms with E-state index in [9.17, 15) is 4.79 Å². The first-order valence-electron chi connectivity index (χ1n) is 6.77. The molecule has 0 atom stereocenters. The molecule has 0 N–H and O–H groups in total. The molecular weight excluding hydrogens is 248 g/mol. The van der Waals surface area contributed by atoms with Crippen LogP contribution in [0.2, 0.25) is 0 Å². The van der Waals surface area contributed by atoms with Crippen LogP contribution in [-0.2, 0) is 4.79 Å². The van der Waals surface area contributed by atoms with Crippen LogP contribution in [-0.4, -0.2) is 19.5 Å². The molecule has 3 heteroatoms. The third kappa shape index (κ3) is 2.05. The lowest BCUT2D eigenvalue weighted by atomic mass is 10.1. The number of rotatable bonds is 1. The molecule has 3 nitrogen and oxygen atoms in total. The largest absolute Gasteiger partial charge is 0.330 e. The van der Waals surface area contributed by atoms with Gasteiger partial charge in [0.1, 0.15) is 6.54 Å². The van der Waals surface area contributed by atoms with Crippen molar-refractivity contribution in [3.63, 3.8) is 0 Å². The summed E-state index contributed by atoms with van der Waals surface area (Å²) in [5.41, 5.74) is 5.55. The quantitative estimate of drug-likeness (QED) is 0.789. The van der Waals surface area contributed by atoms with Crippen LogP contribution in [0.1, 0.15) is 11.1 Å². The fraction of sp³-hybridized carbons (Fsp3) is 0.235. The number of para-hydroxylation sites is 2. The van der Waals surface area contributed by atoms with Crippen LogP contribution in [0.4, 0.5) is 17.1 Å². The van der Waals surface area contributed by atoms with Gasteiger partial charge in [-0.2, -0.15) is 0 Å². The first-order valence-corrected chi connectivity index (χ1v) is 6.77. The molecule has 0 fully saturated rings. The van der Waals surface area contributed by atoms with Gasteiger partial charge in [0.2, 0.25) is 5.91 Å². The van der Waals surface area contributed by atoms with Crippen LogP contribution < -0.4 is 9.80 Å². The number of anilines is 3. The van der Waals surface area contributed by atoms with Crippen LogP contribution in [0.15, 0.2) is 42.5 Å². The average molecular weight is 266 g/mol. The smallest absolute Gasteiger partial charge is 0.246 e. The molecule has 0 saturated heterocycles. The Labute approximate surface area is 119 Å². The lowest BCUT2D eigenvalue weighted by Crippen LogP contribution is -2.41. The maximum Gasteiger partial charge on any atom is 0.246 e. The number of benzene rings is 2. The van der Waals surface area contributed by atoms with E-state index in [1.54, 1.807) is 4.90 Å². The lowest BCUT2D eigenvalue weighted by molar-refractivity contribution is -0.117. The second-order valence-corrected chi connectivity index (χ2v) is 5.37. The Bertz CT molecular complexity index is 658. The molecule has 0 radical (unpaired) electrons. The fourth-order valence-corrected chi connectivity index (χ4v) is 2.77. The van der Waals surface area contributed by atoms with E-state index in [0.717, 1.165) is 17.1 Å². The molecule has 0 spiro atoms. The normalized spacial score (nSPS) is 14.4. The molecule has 0 bridgehead atoms. The summed E-state index contributed by atoms with van der Waals surface area (Å²) in [5.74, 6) is 0.114. The Morgan fingerprint density at radius 2 is 1.55 bits per heavy atom.